The monoisotopic (exact) mass is 609 g/mol. The molecule has 0 aromatic carbocycles. The molecule has 11 heteroatoms. The minimum atomic E-state index is 0.414. The molecule has 0 fully saturated rings. The van der Waals surface area contributed by atoms with E-state index in [4.69, 9.17) is 42.9 Å². The smallest absolute Gasteiger partial charge is 0.137 e. The first kappa shape index (κ1) is 34.8. The molecule has 0 amide bonds. The van der Waals surface area contributed by atoms with Crippen molar-refractivity contribution in [2.24, 2.45) is 0 Å². The molecule has 0 atom stereocenters. The fourth-order valence-electron chi connectivity index (χ4n) is 3.60. The zero-order chi connectivity index (χ0) is 30.9. The van der Waals surface area contributed by atoms with Crippen LogP contribution in [0, 0.1) is 0 Å². The number of pyridine rings is 3. The lowest BCUT2D eigenvalue weighted by molar-refractivity contribution is 0.0135. The highest BCUT2D eigenvalue weighted by atomic mass is 16.6. The van der Waals surface area contributed by atoms with Crippen molar-refractivity contribution in [1.29, 1.82) is 0 Å². The maximum atomic E-state index is 5.73. The summed E-state index contributed by atoms with van der Waals surface area (Å²) < 4.78 is 43.8. The highest BCUT2D eigenvalue weighted by Crippen LogP contribution is 2.23. The lowest BCUT2D eigenvalue weighted by atomic mass is 10.2. The first-order valence-corrected chi connectivity index (χ1v) is 14.6. The molecule has 0 aliphatic carbocycles. The van der Waals surface area contributed by atoms with E-state index in [2.05, 4.69) is 23.1 Å². The highest BCUT2D eigenvalue weighted by Gasteiger charge is 2.07. The Morgan fingerprint density at radius 3 is 1.20 bits per heavy atom. The van der Waals surface area contributed by atoms with Gasteiger partial charge in [-0.3, -0.25) is 9.97 Å². The van der Waals surface area contributed by atoms with Gasteiger partial charge >= 0.3 is 0 Å². The minimum absolute atomic E-state index is 0.414. The van der Waals surface area contributed by atoms with Crippen molar-refractivity contribution in [1.82, 2.24) is 15.0 Å². The third-order valence-corrected chi connectivity index (χ3v) is 5.70. The van der Waals surface area contributed by atoms with Crippen LogP contribution in [0.15, 0.2) is 80.2 Å². The Morgan fingerprint density at radius 2 is 0.841 bits per heavy atom. The van der Waals surface area contributed by atoms with Crippen molar-refractivity contribution < 1.29 is 37.9 Å². The van der Waals surface area contributed by atoms with Gasteiger partial charge in [-0.2, -0.15) is 0 Å². The van der Waals surface area contributed by atoms with Crippen LogP contribution in [0.25, 0.3) is 22.8 Å². The summed E-state index contributed by atoms with van der Waals surface area (Å²) >= 11 is 0. The first-order chi connectivity index (χ1) is 21.8. The van der Waals surface area contributed by atoms with Crippen molar-refractivity contribution in [3.05, 3.63) is 80.2 Å². The summed E-state index contributed by atoms with van der Waals surface area (Å²) in [5, 5.41) is 0. The molecule has 3 rings (SSSR count). The van der Waals surface area contributed by atoms with Crippen LogP contribution in [0.1, 0.15) is 0 Å². The van der Waals surface area contributed by atoms with Gasteiger partial charge in [0.1, 0.15) is 24.7 Å². The molecule has 0 saturated heterocycles. The van der Waals surface area contributed by atoms with Crippen LogP contribution in [0.3, 0.4) is 0 Å². The minimum Gasteiger partial charge on any atom is -0.490 e. The molecule has 0 radical (unpaired) electrons. The van der Waals surface area contributed by atoms with Crippen LogP contribution in [-0.2, 0) is 28.4 Å². The van der Waals surface area contributed by atoms with Crippen molar-refractivity contribution in [2.75, 3.05) is 92.5 Å². The SMILES string of the molecule is C=CCOCCOCCOCCOc1ccc(-c2cccc(-c3ccc(OCCOCCOCCOCC=C)cn3)n2)nc1. The predicted molar refractivity (Wildman–Crippen MR) is 167 cm³/mol. The second-order valence-electron chi connectivity index (χ2n) is 9.04. The molecule has 44 heavy (non-hydrogen) atoms. The van der Waals surface area contributed by atoms with Gasteiger partial charge in [-0.25, -0.2) is 4.98 Å². The largest absolute Gasteiger partial charge is 0.490 e. The van der Waals surface area contributed by atoms with E-state index in [9.17, 15) is 0 Å². The summed E-state index contributed by atoms with van der Waals surface area (Å²) in [5.74, 6) is 1.32. The molecule has 0 bridgehead atoms. The molecule has 0 aliphatic rings. The summed E-state index contributed by atoms with van der Waals surface area (Å²) in [7, 11) is 0. The molecule has 0 saturated carbocycles. The molecule has 3 aromatic rings. The Labute approximate surface area is 259 Å². The van der Waals surface area contributed by atoms with Crippen molar-refractivity contribution in [3.8, 4) is 34.3 Å². The Bertz CT molecular complexity index is 1090. The van der Waals surface area contributed by atoms with Crippen LogP contribution < -0.4 is 9.47 Å². The van der Waals surface area contributed by atoms with Gasteiger partial charge < -0.3 is 37.9 Å². The molecular weight excluding hydrogens is 566 g/mol. The number of rotatable bonds is 26. The number of hydrogen-bond acceptors (Lipinski definition) is 11. The second kappa shape index (κ2) is 22.8. The third-order valence-electron chi connectivity index (χ3n) is 5.70. The lowest BCUT2D eigenvalue weighted by Gasteiger charge is -2.09. The predicted octanol–water partition coefficient (Wildman–Crippen LogP) is 4.43. The summed E-state index contributed by atoms with van der Waals surface area (Å²) in [6.07, 6.45) is 6.77. The number of aromatic nitrogens is 3. The summed E-state index contributed by atoms with van der Waals surface area (Å²) in [4.78, 5) is 13.8. The average Bonchev–Trinajstić information content (AvgIpc) is 3.07. The highest BCUT2D eigenvalue weighted by molar-refractivity contribution is 5.62. The van der Waals surface area contributed by atoms with Crippen LogP contribution in [-0.4, -0.2) is 107 Å². The summed E-state index contributed by atoms with van der Waals surface area (Å²) in [6, 6.07) is 13.2. The Kier molecular flexibility index (Phi) is 18.0. The van der Waals surface area contributed by atoms with E-state index in [1.165, 1.54) is 0 Å². The molecule has 0 N–H and O–H groups in total. The second-order valence-corrected chi connectivity index (χ2v) is 9.04. The average molecular weight is 610 g/mol. The van der Waals surface area contributed by atoms with Gasteiger partial charge in [0.05, 0.1) is 114 Å². The van der Waals surface area contributed by atoms with E-state index in [-0.39, 0.29) is 0 Å². The van der Waals surface area contributed by atoms with Crippen LogP contribution in [0.4, 0.5) is 0 Å². The first-order valence-electron chi connectivity index (χ1n) is 14.6. The lowest BCUT2D eigenvalue weighted by Crippen LogP contribution is -2.12. The van der Waals surface area contributed by atoms with Crippen molar-refractivity contribution >= 4 is 0 Å². The van der Waals surface area contributed by atoms with Gasteiger partial charge in [0.25, 0.3) is 0 Å². The molecule has 11 nitrogen and oxygen atoms in total. The fraction of sp³-hybridized carbons (Fsp3) is 0.424. The standard InChI is InChI=1S/C33H43N3O8/c1-3-12-37-14-16-39-18-20-41-22-24-43-28-8-10-30(34-26-28)32-6-5-7-33(36-32)31-11-9-29(27-35-31)44-25-23-42-21-19-40-17-15-38-13-4-2/h3-11,26-27H,1-2,12-25H2. The summed E-state index contributed by atoms with van der Waals surface area (Å²) in [5.41, 5.74) is 2.94. The van der Waals surface area contributed by atoms with Gasteiger partial charge in [0.2, 0.25) is 0 Å². The molecule has 0 unspecified atom stereocenters. The van der Waals surface area contributed by atoms with E-state index in [1.54, 1.807) is 24.5 Å². The van der Waals surface area contributed by atoms with E-state index >= 15 is 0 Å². The topological polar surface area (TPSA) is 113 Å². The third kappa shape index (κ3) is 14.6. The van der Waals surface area contributed by atoms with E-state index in [0.29, 0.717) is 104 Å². The zero-order valence-corrected chi connectivity index (χ0v) is 25.3. The van der Waals surface area contributed by atoms with Gasteiger partial charge in [-0.15, -0.1) is 13.2 Å². The Balaban J connectivity index is 1.31. The fourth-order valence-corrected chi connectivity index (χ4v) is 3.60. The molecule has 0 aliphatic heterocycles. The maximum absolute atomic E-state index is 5.73. The van der Waals surface area contributed by atoms with Gasteiger partial charge in [0.15, 0.2) is 0 Å². The van der Waals surface area contributed by atoms with Crippen molar-refractivity contribution in [3.63, 3.8) is 0 Å². The molecular formula is C33H43N3O8. The van der Waals surface area contributed by atoms with E-state index < -0.39 is 0 Å². The normalized spacial score (nSPS) is 10.9. The van der Waals surface area contributed by atoms with E-state index in [0.717, 1.165) is 22.8 Å². The van der Waals surface area contributed by atoms with Crippen molar-refractivity contribution in [2.45, 2.75) is 0 Å². The number of nitrogens with zero attached hydrogens (tertiary/aromatic N) is 3. The quantitative estimate of drug-likeness (QED) is 0.0951. The van der Waals surface area contributed by atoms with Gasteiger partial charge in [-0.1, -0.05) is 18.2 Å². The molecule has 3 heterocycles. The zero-order valence-electron chi connectivity index (χ0n) is 25.3. The van der Waals surface area contributed by atoms with Crippen LogP contribution in [0.2, 0.25) is 0 Å². The molecule has 3 aromatic heterocycles. The molecule has 0 spiro atoms. The summed E-state index contributed by atoms with van der Waals surface area (Å²) in [6.45, 7) is 14.1. The van der Waals surface area contributed by atoms with Gasteiger partial charge in [-0.05, 0) is 36.4 Å². The van der Waals surface area contributed by atoms with Gasteiger partial charge in [0, 0.05) is 0 Å². The maximum Gasteiger partial charge on any atom is 0.137 e. The van der Waals surface area contributed by atoms with Crippen LogP contribution in [0.5, 0.6) is 11.5 Å². The number of ether oxygens (including phenoxy) is 8. The Morgan fingerprint density at radius 1 is 0.455 bits per heavy atom. The Hall–Kier alpha value is -3.71. The van der Waals surface area contributed by atoms with E-state index in [1.807, 2.05) is 42.5 Å². The molecule has 238 valence electrons. The van der Waals surface area contributed by atoms with Crippen LogP contribution >= 0.6 is 0 Å². The number of hydrogen-bond donors (Lipinski definition) is 0.